The van der Waals surface area contributed by atoms with Crippen LogP contribution in [0.1, 0.15) is 12.5 Å². The summed E-state index contributed by atoms with van der Waals surface area (Å²) in [6.07, 6.45) is 3.47. The second kappa shape index (κ2) is 5.96. The standard InChI is InChI=1S/C14H18N2OS/c1-11-10-18-8-7-16(11)14(17)6-5-12-3-2-4-13(15)9-12/h2-6,9,11H,7-8,10,15H2,1H3/b6-5+. The lowest BCUT2D eigenvalue weighted by atomic mass is 10.2. The van der Waals surface area contributed by atoms with Gasteiger partial charge in [0.1, 0.15) is 0 Å². The second-order valence-corrected chi connectivity index (χ2v) is 5.61. The molecule has 1 atom stereocenters. The van der Waals surface area contributed by atoms with Crippen molar-refractivity contribution in [2.75, 3.05) is 23.8 Å². The predicted octanol–water partition coefficient (Wildman–Crippen LogP) is 2.25. The highest BCUT2D eigenvalue weighted by molar-refractivity contribution is 7.99. The molecule has 0 spiro atoms. The lowest BCUT2D eigenvalue weighted by Crippen LogP contribution is -2.43. The van der Waals surface area contributed by atoms with Crippen molar-refractivity contribution in [2.24, 2.45) is 0 Å². The molecule has 18 heavy (non-hydrogen) atoms. The zero-order valence-electron chi connectivity index (χ0n) is 10.5. The van der Waals surface area contributed by atoms with Crippen LogP contribution in [-0.2, 0) is 4.79 Å². The third kappa shape index (κ3) is 3.29. The molecule has 96 valence electrons. The first-order valence-corrected chi connectivity index (χ1v) is 7.24. The van der Waals surface area contributed by atoms with Gasteiger partial charge < -0.3 is 10.6 Å². The number of carbonyl (C=O) groups excluding carboxylic acids is 1. The van der Waals surface area contributed by atoms with Crippen LogP contribution in [0, 0.1) is 0 Å². The molecule has 1 aromatic carbocycles. The number of anilines is 1. The molecule has 0 radical (unpaired) electrons. The zero-order valence-corrected chi connectivity index (χ0v) is 11.3. The van der Waals surface area contributed by atoms with E-state index in [4.69, 9.17) is 5.73 Å². The molecule has 1 amide bonds. The minimum absolute atomic E-state index is 0.0882. The molecule has 0 saturated carbocycles. The molecule has 1 aliphatic heterocycles. The number of amides is 1. The largest absolute Gasteiger partial charge is 0.399 e. The Morgan fingerprint density at radius 2 is 2.39 bits per heavy atom. The van der Waals surface area contributed by atoms with Crippen molar-refractivity contribution >= 4 is 29.4 Å². The fraction of sp³-hybridized carbons (Fsp3) is 0.357. The van der Waals surface area contributed by atoms with Gasteiger partial charge in [0.15, 0.2) is 0 Å². The number of hydrogen-bond acceptors (Lipinski definition) is 3. The average molecular weight is 262 g/mol. The van der Waals surface area contributed by atoms with Gasteiger partial charge in [-0.15, -0.1) is 0 Å². The SMILES string of the molecule is CC1CSCCN1C(=O)/C=C/c1cccc(N)c1. The van der Waals surface area contributed by atoms with Gasteiger partial charge >= 0.3 is 0 Å². The summed E-state index contributed by atoms with van der Waals surface area (Å²) in [6.45, 7) is 2.93. The van der Waals surface area contributed by atoms with Crippen molar-refractivity contribution in [1.82, 2.24) is 4.90 Å². The molecule has 1 aromatic rings. The normalized spacial score (nSPS) is 20.3. The Hall–Kier alpha value is -1.42. The minimum Gasteiger partial charge on any atom is -0.399 e. The minimum atomic E-state index is 0.0882. The second-order valence-electron chi connectivity index (χ2n) is 4.46. The Kier molecular flexibility index (Phi) is 4.31. The molecule has 0 bridgehead atoms. The van der Waals surface area contributed by atoms with Crippen molar-refractivity contribution in [1.29, 1.82) is 0 Å². The highest BCUT2D eigenvalue weighted by Gasteiger charge is 2.21. The van der Waals surface area contributed by atoms with Crippen molar-refractivity contribution in [3.05, 3.63) is 35.9 Å². The molecular weight excluding hydrogens is 244 g/mol. The van der Waals surface area contributed by atoms with Crippen molar-refractivity contribution in [2.45, 2.75) is 13.0 Å². The number of benzene rings is 1. The number of hydrogen-bond donors (Lipinski definition) is 1. The predicted molar refractivity (Wildman–Crippen MR) is 78.4 cm³/mol. The van der Waals surface area contributed by atoms with E-state index in [0.717, 1.165) is 23.6 Å². The molecule has 0 aromatic heterocycles. The molecule has 2 rings (SSSR count). The van der Waals surface area contributed by atoms with E-state index in [9.17, 15) is 4.79 Å². The lowest BCUT2D eigenvalue weighted by Gasteiger charge is -2.32. The quantitative estimate of drug-likeness (QED) is 0.657. The molecule has 1 aliphatic rings. The van der Waals surface area contributed by atoms with Gasteiger partial charge in [-0.25, -0.2) is 0 Å². The Labute approximate surface area is 112 Å². The first kappa shape index (κ1) is 13.0. The first-order chi connectivity index (χ1) is 8.66. The van der Waals surface area contributed by atoms with E-state index >= 15 is 0 Å². The van der Waals surface area contributed by atoms with Crippen LogP contribution < -0.4 is 5.73 Å². The van der Waals surface area contributed by atoms with E-state index in [1.807, 2.05) is 47.0 Å². The van der Waals surface area contributed by atoms with Crippen LogP contribution in [0.5, 0.6) is 0 Å². The fourth-order valence-electron chi connectivity index (χ4n) is 1.98. The summed E-state index contributed by atoms with van der Waals surface area (Å²) < 4.78 is 0. The van der Waals surface area contributed by atoms with E-state index < -0.39 is 0 Å². The fourth-order valence-corrected chi connectivity index (χ4v) is 2.99. The summed E-state index contributed by atoms with van der Waals surface area (Å²) in [4.78, 5) is 14.0. The molecule has 0 aliphatic carbocycles. The molecule has 4 heteroatoms. The molecular formula is C14H18N2OS. The third-order valence-corrected chi connectivity index (χ3v) is 4.17. The number of carbonyl (C=O) groups is 1. The molecule has 1 fully saturated rings. The van der Waals surface area contributed by atoms with Gasteiger partial charge in [0, 0.05) is 35.9 Å². The summed E-state index contributed by atoms with van der Waals surface area (Å²) in [5.74, 6) is 2.14. The van der Waals surface area contributed by atoms with Crippen LogP contribution in [0.4, 0.5) is 5.69 Å². The molecule has 1 saturated heterocycles. The summed E-state index contributed by atoms with van der Waals surface area (Å²) in [6, 6.07) is 7.85. The van der Waals surface area contributed by atoms with Crippen LogP contribution in [0.15, 0.2) is 30.3 Å². The number of thioether (sulfide) groups is 1. The average Bonchev–Trinajstić information content (AvgIpc) is 2.37. The van der Waals surface area contributed by atoms with Crippen molar-refractivity contribution in [3.8, 4) is 0 Å². The molecule has 1 unspecified atom stereocenters. The van der Waals surface area contributed by atoms with Gasteiger partial charge in [-0.1, -0.05) is 12.1 Å². The summed E-state index contributed by atoms with van der Waals surface area (Å²) in [5.41, 5.74) is 7.37. The Bertz CT molecular complexity index is 459. The van der Waals surface area contributed by atoms with E-state index in [1.165, 1.54) is 0 Å². The maximum atomic E-state index is 12.1. The molecule has 2 N–H and O–H groups in total. The zero-order chi connectivity index (χ0) is 13.0. The van der Waals surface area contributed by atoms with Gasteiger partial charge in [0.2, 0.25) is 5.91 Å². The van der Waals surface area contributed by atoms with Crippen molar-refractivity contribution in [3.63, 3.8) is 0 Å². The number of nitrogens with two attached hydrogens (primary N) is 1. The van der Waals surface area contributed by atoms with E-state index in [1.54, 1.807) is 6.08 Å². The molecule has 3 nitrogen and oxygen atoms in total. The highest BCUT2D eigenvalue weighted by Crippen LogP contribution is 2.16. The van der Waals surface area contributed by atoms with Crippen LogP contribution >= 0.6 is 11.8 Å². The topological polar surface area (TPSA) is 46.3 Å². The molecule has 1 heterocycles. The van der Waals surface area contributed by atoms with Crippen LogP contribution in [0.2, 0.25) is 0 Å². The summed E-state index contributed by atoms with van der Waals surface area (Å²) in [5, 5.41) is 0. The highest BCUT2D eigenvalue weighted by atomic mass is 32.2. The summed E-state index contributed by atoms with van der Waals surface area (Å²) >= 11 is 1.91. The maximum absolute atomic E-state index is 12.1. The van der Waals surface area contributed by atoms with Crippen molar-refractivity contribution < 1.29 is 4.79 Å². The third-order valence-electron chi connectivity index (χ3n) is 2.98. The number of nitrogen functional groups attached to an aromatic ring is 1. The van der Waals surface area contributed by atoms with Gasteiger partial charge in [0.25, 0.3) is 0 Å². The van der Waals surface area contributed by atoms with E-state index in [2.05, 4.69) is 6.92 Å². The first-order valence-electron chi connectivity index (χ1n) is 6.09. The smallest absolute Gasteiger partial charge is 0.246 e. The van der Waals surface area contributed by atoms with E-state index in [0.29, 0.717) is 11.7 Å². The Morgan fingerprint density at radius 3 is 3.11 bits per heavy atom. The van der Waals surface area contributed by atoms with Gasteiger partial charge in [-0.2, -0.15) is 11.8 Å². The van der Waals surface area contributed by atoms with Crippen LogP contribution in [0.25, 0.3) is 6.08 Å². The Balaban J connectivity index is 2.02. The van der Waals surface area contributed by atoms with Gasteiger partial charge in [-0.3, -0.25) is 4.79 Å². The van der Waals surface area contributed by atoms with E-state index in [-0.39, 0.29) is 5.91 Å². The number of nitrogens with zero attached hydrogens (tertiary/aromatic N) is 1. The summed E-state index contributed by atoms with van der Waals surface area (Å²) in [7, 11) is 0. The lowest BCUT2D eigenvalue weighted by molar-refractivity contribution is -0.127. The maximum Gasteiger partial charge on any atom is 0.246 e. The van der Waals surface area contributed by atoms with Crippen LogP contribution in [0.3, 0.4) is 0 Å². The monoisotopic (exact) mass is 262 g/mol. The number of rotatable bonds is 2. The van der Waals surface area contributed by atoms with Gasteiger partial charge in [-0.05, 0) is 30.7 Å². The van der Waals surface area contributed by atoms with Gasteiger partial charge in [0.05, 0.1) is 0 Å². The van der Waals surface area contributed by atoms with Crippen LogP contribution in [-0.4, -0.2) is 34.9 Å². The Morgan fingerprint density at radius 1 is 1.56 bits per heavy atom.